The number of benzene rings is 3. The summed E-state index contributed by atoms with van der Waals surface area (Å²) >= 11 is 0. The smallest absolute Gasteiger partial charge is 0.243 e. The largest absolute Gasteiger partial charge is 0.497 e. The number of hydrogen-bond acceptors (Lipinski definition) is 3. The van der Waals surface area contributed by atoms with Crippen LogP contribution in [-0.4, -0.2) is 36.4 Å². The molecule has 0 aliphatic rings. The SMILES string of the molecule is CCCCNC(=O)[C@@H](Cc1ccccc1)N(Cc1ccc(F)cc1)C(=O)Cc1ccc(OC)cc1. The van der Waals surface area contributed by atoms with Crippen LogP contribution in [0.2, 0.25) is 0 Å². The third kappa shape index (κ3) is 7.95. The zero-order valence-corrected chi connectivity index (χ0v) is 20.4. The molecule has 0 unspecified atom stereocenters. The number of methoxy groups -OCH3 is 1. The Kier molecular flexibility index (Phi) is 9.84. The predicted octanol–water partition coefficient (Wildman–Crippen LogP) is 4.93. The first kappa shape index (κ1) is 25.9. The fraction of sp³-hybridized carbons (Fsp3) is 0.310. The van der Waals surface area contributed by atoms with E-state index in [1.807, 2.05) is 54.6 Å². The van der Waals surface area contributed by atoms with E-state index in [-0.39, 0.29) is 30.6 Å². The molecule has 0 radical (unpaired) electrons. The number of nitrogens with zero attached hydrogens (tertiary/aromatic N) is 1. The zero-order valence-electron chi connectivity index (χ0n) is 20.4. The van der Waals surface area contributed by atoms with Gasteiger partial charge in [-0.05, 0) is 47.4 Å². The first-order valence-electron chi connectivity index (χ1n) is 12.0. The first-order chi connectivity index (χ1) is 17.0. The lowest BCUT2D eigenvalue weighted by atomic mass is 10.0. The van der Waals surface area contributed by atoms with Gasteiger partial charge in [-0.25, -0.2) is 4.39 Å². The van der Waals surface area contributed by atoms with Crippen molar-refractivity contribution in [1.82, 2.24) is 10.2 Å². The Labute approximate surface area is 206 Å². The second kappa shape index (κ2) is 13.3. The van der Waals surface area contributed by atoms with E-state index >= 15 is 0 Å². The molecule has 0 saturated carbocycles. The zero-order chi connectivity index (χ0) is 25.0. The van der Waals surface area contributed by atoms with Crippen molar-refractivity contribution in [2.45, 2.75) is 45.2 Å². The topological polar surface area (TPSA) is 58.6 Å². The molecule has 0 bridgehead atoms. The molecule has 2 amide bonds. The number of carbonyl (C=O) groups is 2. The van der Waals surface area contributed by atoms with E-state index < -0.39 is 6.04 Å². The van der Waals surface area contributed by atoms with Gasteiger partial charge in [-0.2, -0.15) is 0 Å². The normalized spacial score (nSPS) is 11.5. The summed E-state index contributed by atoms with van der Waals surface area (Å²) in [7, 11) is 1.59. The van der Waals surface area contributed by atoms with E-state index in [0.717, 1.165) is 29.5 Å². The third-order valence-corrected chi connectivity index (χ3v) is 5.88. The number of unbranched alkanes of at least 4 members (excludes halogenated alkanes) is 1. The molecule has 184 valence electrons. The van der Waals surface area contributed by atoms with Crippen LogP contribution in [-0.2, 0) is 29.0 Å². The van der Waals surface area contributed by atoms with Gasteiger partial charge in [0.05, 0.1) is 13.5 Å². The van der Waals surface area contributed by atoms with Crippen molar-refractivity contribution >= 4 is 11.8 Å². The number of rotatable bonds is 12. The summed E-state index contributed by atoms with van der Waals surface area (Å²) in [6.45, 7) is 2.82. The lowest BCUT2D eigenvalue weighted by molar-refractivity contribution is -0.140. The molecule has 0 spiro atoms. The van der Waals surface area contributed by atoms with Gasteiger partial charge >= 0.3 is 0 Å². The van der Waals surface area contributed by atoms with E-state index in [2.05, 4.69) is 12.2 Å². The maximum Gasteiger partial charge on any atom is 0.243 e. The number of carbonyl (C=O) groups excluding carboxylic acids is 2. The molecule has 35 heavy (non-hydrogen) atoms. The fourth-order valence-corrected chi connectivity index (χ4v) is 3.87. The Morgan fingerprint density at radius 1 is 0.914 bits per heavy atom. The maximum atomic E-state index is 13.6. The molecule has 0 saturated heterocycles. The molecular formula is C29H33FN2O3. The monoisotopic (exact) mass is 476 g/mol. The van der Waals surface area contributed by atoms with Gasteiger partial charge in [0.25, 0.3) is 0 Å². The quantitative estimate of drug-likeness (QED) is 0.377. The molecule has 1 atom stereocenters. The summed E-state index contributed by atoms with van der Waals surface area (Å²) in [5.74, 6) is 0.00295. The van der Waals surface area contributed by atoms with Crippen LogP contribution < -0.4 is 10.1 Å². The molecule has 0 fully saturated rings. The van der Waals surface area contributed by atoms with Gasteiger partial charge in [-0.3, -0.25) is 9.59 Å². The van der Waals surface area contributed by atoms with E-state index in [4.69, 9.17) is 4.74 Å². The van der Waals surface area contributed by atoms with Crippen LogP contribution in [0.1, 0.15) is 36.5 Å². The van der Waals surface area contributed by atoms with Crippen LogP contribution in [0.3, 0.4) is 0 Å². The Hall–Kier alpha value is -3.67. The number of amides is 2. The van der Waals surface area contributed by atoms with Crippen molar-refractivity contribution < 1.29 is 18.7 Å². The van der Waals surface area contributed by atoms with E-state index in [1.165, 1.54) is 12.1 Å². The highest BCUT2D eigenvalue weighted by molar-refractivity contribution is 5.88. The molecular weight excluding hydrogens is 443 g/mol. The summed E-state index contributed by atoms with van der Waals surface area (Å²) in [6.07, 6.45) is 2.34. The highest BCUT2D eigenvalue weighted by Crippen LogP contribution is 2.18. The Morgan fingerprint density at radius 3 is 2.20 bits per heavy atom. The van der Waals surface area contributed by atoms with Gasteiger partial charge < -0.3 is 15.0 Å². The minimum Gasteiger partial charge on any atom is -0.497 e. The van der Waals surface area contributed by atoms with Crippen LogP contribution >= 0.6 is 0 Å². The molecule has 3 aromatic carbocycles. The van der Waals surface area contributed by atoms with Gasteiger partial charge in [-0.1, -0.05) is 67.9 Å². The third-order valence-electron chi connectivity index (χ3n) is 5.88. The highest BCUT2D eigenvalue weighted by Gasteiger charge is 2.30. The lowest BCUT2D eigenvalue weighted by Gasteiger charge is -2.31. The number of hydrogen-bond donors (Lipinski definition) is 1. The second-order valence-electron chi connectivity index (χ2n) is 8.52. The lowest BCUT2D eigenvalue weighted by Crippen LogP contribution is -2.51. The Bertz CT molecular complexity index is 1070. The van der Waals surface area contributed by atoms with Gasteiger partial charge in [0.2, 0.25) is 11.8 Å². The van der Waals surface area contributed by atoms with Crippen LogP contribution in [0.5, 0.6) is 5.75 Å². The van der Waals surface area contributed by atoms with E-state index in [1.54, 1.807) is 24.1 Å². The summed E-state index contributed by atoms with van der Waals surface area (Å²) in [6, 6.07) is 22.3. The summed E-state index contributed by atoms with van der Waals surface area (Å²) in [5, 5.41) is 3.00. The standard InChI is InChI=1S/C29H33FN2O3/c1-3-4-18-31-29(34)27(19-22-8-6-5-7-9-22)32(21-24-10-14-25(30)15-11-24)28(33)20-23-12-16-26(35-2)17-13-23/h5-17,27H,3-4,18-21H2,1-2H3,(H,31,34)/t27-/m1/s1. The molecule has 0 aliphatic heterocycles. The maximum absolute atomic E-state index is 13.6. The van der Waals surface area contributed by atoms with Crippen molar-refractivity contribution in [2.75, 3.05) is 13.7 Å². The van der Waals surface area contributed by atoms with Crippen molar-refractivity contribution in [3.63, 3.8) is 0 Å². The molecule has 0 aromatic heterocycles. The van der Waals surface area contributed by atoms with Crippen LogP contribution in [0, 0.1) is 5.82 Å². The molecule has 0 heterocycles. The Balaban J connectivity index is 1.91. The summed E-state index contributed by atoms with van der Waals surface area (Å²) in [5.41, 5.74) is 2.54. The van der Waals surface area contributed by atoms with Crippen LogP contribution in [0.15, 0.2) is 78.9 Å². The molecule has 3 aromatic rings. The van der Waals surface area contributed by atoms with Crippen molar-refractivity contribution in [1.29, 1.82) is 0 Å². The van der Waals surface area contributed by atoms with Gasteiger partial charge in [0.15, 0.2) is 0 Å². The van der Waals surface area contributed by atoms with Crippen molar-refractivity contribution in [3.8, 4) is 5.75 Å². The average Bonchev–Trinajstić information content (AvgIpc) is 2.88. The summed E-state index contributed by atoms with van der Waals surface area (Å²) in [4.78, 5) is 28.6. The van der Waals surface area contributed by atoms with E-state index in [9.17, 15) is 14.0 Å². The minimum atomic E-state index is -0.704. The Morgan fingerprint density at radius 2 is 1.57 bits per heavy atom. The molecule has 1 N–H and O–H groups in total. The first-order valence-corrected chi connectivity index (χ1v) is 12.0. The van der Waals surface area contributed by atoms with Crippen molar-refractivity contribution in [3.05, 3.63) is 101 Å². The van der Waals surface area contributed by atoms with Gasteiger partial charge in [0, 0.05) is 19.5 Å². The molecule has 6 heteroatoms. The molecule has 5 nitrogen and oxygen atoms in total. The number of ether oxygens (including phenoxy) is 1. The van der Waals surface area contributed by atoms with Gasteiger partial charge in [0.1, 0.15) is 17.6 Å². The van der Waals surface area contributed by atoms with E-state index in [0.29, 0.717) is 18.7 Å². The average molecular weight is 477 g/mol. The highest BCUT2D eigenvalue weighted by atomic mass is 19.1. The van der Waals surface area contributed by atoms with Crippen molar-refractivity contribution in [2.24, 2.45) is 0 Å². The second-order valence-corrected chi connectivity index (χ2v) is 8.52. The minimum absolute atomic E-state index is 0.138. The molecule has 0 aliphatic carbocycles. The fourth-order valence-electron chi connectivity index (χ4n) is 3.87. The summed E-state index contributed by atoms with van der Waals surface area (Å²) < 4.78 is 18.7. The molecule has 3 rings (SSSR count). The van der Waals surface area contributed by atoms with Crippen LogP contribution in [0.25, 0.3) is 0 Å². The van der Waals surface area contributed by atoms with Crippen LogP contribution in [0.4, 0.5) is 4.39 Å². The number of halogens is 1. The number of nitrogens with one attached hydrogen (secondary N) is 1. The van der Waals surface area contributed by atoms with Gasteiger partial charge in [-0.15, -0.1) is 0 Å². The predicted molar refractivity (Wildman–Crippen MR) is 135 cm³/mol.